The lowest BCUT2D eigenvalue weighted by molar-refractivity contribution is 0.0923. The molecule has 0 amide bonds. The number of ether oxygens (including phenoxy) is 1. The Morgan fingerprint density at radius 1 is 1.16 bits per heavy atom. The van der Waals surface area contributed by atoms with Crippen molar-refractivity contribution in [2.75, 3.05) is 31.4 Å². The SMILES string of the molecule is CNc1nc(OC2CCCCC2C)nc(N(C)C)n1. The lowest BCUT2D eigenvalue weighted by Crippen LogP contribution is -2.29. The van der Waals surface area contributed by atoms with Crippen LogP contribution in [0.2, 0.25) is 0 Å². The van der Waals surface area contributed by atoms with Crippen molar-refractivity contribution in [3.63, 3.8) is 0 Å². The van der Waals surface area contributed by atoms with Gasteiger partial charge < -0.3 is 15.0 Å². The zero-order valence-corrected chi connectivity index (χ0v) is 12.2. The first-order valence-corrected chi connectivity index (χ1v) is 6.88. The van der Waals surface area contributed by atoms with Gasteiger partial charge in [0.25, 0.3) is 0 Å². The average molecular weight is 265 g/mol. The van der Waals surface area contributed by atoms with Gasteiger partial charge in [-0.3, -0.25) is 0 Å². The summed E-state index contributed by atoms with van der Waals surface area (Å²) in [5, 5.41) is 2.94. The molecule has 1 saturated carbocycles. The number of nitrogens with zero attached hydrogens (tertiary/aromatic N) is 4. The van der Waals surface area contributed by atoms with Crippen LogP contribution in [0.25, 0.3) is 0 Å². The van der Waals surface area contributed by atoms with Crippen molar-refractivity contribution >= 4 is 11.9 Å². The van der Waals surface area contributed by atoms with E-state index in [9.17, 15) is 0 Å². The van der Waals surface area contributed by atoms with Crippen LogP contribution < -0.4 is 15.0 Å². The van der Waals surface area contributed by atoms with E-state index in [1.807, 2.05) is 19.0 Å². The van der Waals surface area contributed by atoms with Crippen molar-refractivity contribution in [1.29, 1.82) is 0 Å². The molecule has 1 aliphatic carbocycles. The molecule has 19 heavy (non-hydrogen) atoms. The van der Waals surface area contributed by atoms with Gasteiger partial charge in [-0.25, -0.2) is 0 Å². The summed E-state index contributed by atoms with van der Waals surface area (Å²) in [6.45, 7) is 2.23. The summed E-state index contributed by atoms with van der Waals surface area (Å²) in [5.41, 5.74) is 0. The Kier molecular flexibility index (Phi) is 4.39. The third kappa shape index (κ3) is 3.45. The van der Waals surface area contributed by atoms with E-state index in [0.717, 1.165) is 6.42 Å². The summed E-state index contributed by atoms with van der Waals surface area (Å²) >= 11 is 0. The Morgan fingerprint density at radius 3 is 2.53 bits per heavy atom. The molecule has 1 heterocycles. The molecule has 1 aliphatic rings. The molecule has 0 radical (unpaired) electrons. The first-order valence-electron chi connectivity index (χ1n) is 6.88. The molecule has 2 unspecified atom stereocenters. The highest BCUT2D eigenvalue weighted by Gasteiger charge is 2.24. The predicted molar refractivity (Wildman–Crippen MR) is 75.7 cm³/mol. The summed E-state index contributed by atoms with van der Waals surface area (Å²) in [5.74, 6) is 1.71. The monoisotopic (exact) mass is 265 g/mol. The van der Waals surface area contributed by atoms with Crippen LogP contribution in [0.4, 0.5) is 11.9 Å². The van der Waals surface area contributed by atoms with E-state index >= 15 is 0 Å². The van der Waals surface area contributed by atoms with Gasteiger partial charge >= 0.3 is 6.01 Å². The Bertz CT molecular complexity index is 423. The maximum atomic E-state index is 5.97. The summed E-state index contributed by atoms with van der Waals surface area (Å²) in [7, 11) is 5.60. The topological polar surface area (TPSA) is 63.2 Å². The van der Waals surface area contributed by atoms with Gasteiger partial charge in [-0.05, 0) is 25.2 Å². The fraction of sp³-hybridized carbons (Fsp3) is 0.769. The summed E-state index contributed by atoms with van der Waals surface area (Å²) in [4.78, 5) is 14.8. The van der Waals surface area contributed by atoms with Crippen LogP contribution in [0.5, 0.6) is 6.01 Å². The van der Waals surface area contributed by atoms with E-state index < -0.39 is 0 Å². The minimum Gasteiger partial charge on any atom is -0.460 e. The second kappa shape index (κ2) is 6.04. The van der Waals surface area contributed by atoms with Gasteiger partial charge in [0, 0.05) is 21.1 Å². The molecule has 0 aromatic carbocycles. The maximum absolute atomic E-state index is 5.97. The number of rotatable bonds is 4. The molecule has 106 valence electrons. The molecule has 0 spiro atoms. The van der Waals surface area contributed by atoms with Crippen LogP contribution in [0.1, 0.15) is 32.6 Å². The minimum atomic E-state index is 0.218. The second-order valence-electron chi connectivity index (χ2n) is 5.30. The largest absolute Gasteiger partial charge is 0.460 e. The van der Waals surface area contributed by atoms with E-state index in [1.165, 1.54) is 19.3 Å². The highest BCUT2D eigenvalue weighted by molar-refractivity contribution is 5.36. The molecule has 0 aliphatic heterocycles. The smallest absolute Gasteiger partial charge is 0.323 e. The molecule has 0 saturated heterocycles. The molecular formula is C13H23N5O. The fourth-order valence-electron chi connectivity index (χ4n) is 2.30. The third-order valence-electron chi connectivity index (χ3n) is 3.52. The number of nitrogens with one attached hydrogen (secondary N) is 1. The van der Waals surface area contributed by atoms with Crippen LogP contribution in [0.15, 0.2) is 0 Å². The van der Waals surface area contributed by atoms with Crippen molar-refractivity contribution in [2.45, 2.75) is 38.7 Å². The second-order valence-corrected chi connectivity index (χ2v) is 5.30. The van der Waals surface area contributed by atoms with E-state index in [4.69, 9.17) is 4.74 Å². The van der Waals surface area contributed by atoms with E-state index in [1.54, 1.807) is 7.05 Å². The van der Waals surface area contributed by atoms with Crippen LogP contribution >= 0.6 is 0 Å². The molecule has 1 fully saturated rings. The molecule has 6 nitrogen and oxygen atoms in total. The molecule has 2 rings (SSSR count). The average Bonchev–Trinajstić information content (AvgIpc) is 2.41. The Balaban J connectivity index is 2.16. The van der Waals surface area contributed by atoms with Crippen LogP contribution in [-0.4, -0.2) is 42.2 Å². The molecule has 0 bridgehead atoms. The summed E-state index contributed by atoms with van der Waals surface area (Å²) < 4.78 is 5.97. The van der Waals surface area contributed by atoms with Crippen LogP contribution in [-0.2, 0) is 0 Å². The molecule has 1 aromatic heterocycles. The van der Waals surface area contributed by atoms with Crippen molar-refractivity contribution in [3.8, 4) is 6.01 Å². The highest BCUT2D eigenvalue weighted by Crippen LogP contribution is 2.27. The maximum Gasteiger partial charge on any atom is 0.323 e. The molecule has 2 atom stereocenters. The van der Waals surface area contributed by atoms with Crippen molar-refractivity contribution in [1.82, 2.24) is 15.0 Å². The van der Waals surface area contributed by atoms with Crippen molar-refractivity contribution < 1.29 is 4.74 Å². The van der Waals surface area contributed by atoms with Crippen molar-refractivity contribution in [2.24, 2.45) is 5.92 Å². The van der Waals surface area contributed by atoms with Gasteiger partial charge in [-0.2, -0.15) is 15.0 Å². The Hall–Kier alpha value is -1.59. The molecule has 6 heteroatoms. The lowest BCUT2D eigenvalue weighted by Gasteiger charge is -2.28. The van der Waals surface area contributed by atoms with Gasteiger partial charge in [0.2, 0.25) is 11.9 Å². The highest BCUT2D eigenvalue weighted by atomic mass is 16.5. The normalized spacial score (nSPS) is 22.9. The number of hydrogen-bond donors (Lipinski definition) is 1. The van der Waals surface area contributed by atoms with E-state index in [2.05, 4.69) is 27.2 Å². The van der Waals surface area contributed by atoms with Gasteiger partial charge in [0.1, 0.15) is 6.10 Å². The molecule has 1 aromatic rings. The van der Waals surface area contributed by atoms with E-state index in [-0.39, 0.29) is 6.10 Å². The van der Waals surface area contributed by atoms with Gasteiger partial charge in [0.05, 0.1) is 0 Å². The predicted octanol–water partition coefficient (Wildman–Crippen LogP) is 1.94. The standard InChI is InChI=1S/C13H23N5O/c1-9-7-5-6-8-10(9)19-13-16-11(14-2)15-12(17-13)18(3)4/h9-10H,5-8H2,1-4H3,(H,14,15,16,17). The minimum absolute atomic E-state index is 0.218. The van der Waals surface area contributed by atoms with Crippen LogP contribution in [0, 0.1) is 5.92 Å². The first kappa shape index (κ1) is 13.8. The van der Waals surface area contributed by atoms with E-state index in [0.29, 0.717) is 23.8 Å². The Morgan fingerprint density at radius 2 is 1.89 bits per heavy atom. The number of aromatic nitrogens is 3. The lowest BCUT2D eigenvalue weighted by atomic mass is 9.88. The summed E-state index contributed by atoms with van der Waals surface area (Å²) in [6.07, 6.45) is 5.03. The molecule has 1 N–H and O–H groups in total. The fourth-order valence-corrected chi connectivity index (χ4v) is 2.30. The number of hydrogen-bond acceptors (Lipinski definition) is 6. The van der Waals surface area contributed by atoms with Crippen molar-refractivity contribution in [3.05, 3.63) is 0 Å². The molecular weight excluding hydrogens is 242 g/mol. The van der Waals surface area contributed by atoms with Gasteiger partial charge in [-0.15, -0.1) is 0 Å². The van der Waals surface area contributed by atoms with Gasteiger partial charge in [-0.1, -0.05) is 13.3 Å². The summed E-state index contributed by atoms with van der Waals surface area (Å²) in [6, 6.07) is 0.418. The van der Waals surface area contributed by atoms with Gasteiger partial charge in [0.15, 0.2) is 0 Å². The first-order chi connectivity index (χ1) is 9.10. The van der Waals surface area contributed by atoms with Crippen LogP contribution in [0.3, 0.4) is 0 Å². The zero-order valence-electron chi connectivity index (χ0n) is 12.2. The third-order valence-corrected chi connectivity index (χ3v) is 3.52. The Labute approximate surface area is 114 Å². The number of anilines is 2. The quantitative estimate of drug-likeness (QED) is 0.897. The zero-order chi connectivity index (χ0) is 13.8.